The maximum absolute atomic E-state index is 9.03. The summed E-state index contributed by atoms with van der Waals surface area (Å²) in [6.07, 6.45) is 0. The van der Waals surface area contributed by atoms with Gasteiger partial charge in [0.2, 0.25) is 0 Å². The van der Waals surface area contributed by atoms with E-state index in [1.807, 2.05) is 73.7 Å². The van der Waals surface area contributed by atoms with Gasteiger partial charge in [0, 0.05) is 0 Å². The topological polar surface area (TPSA) is 33.0 Å². The van der Waals surface area contributed by atoms with Gasteiger partial charge in [0.15, 0.2) is 0 Å². The lowest BCUT2D eigenvalue weighted by atomic mass is 10.0. The molecule has 0 aromatic heterocycles. The Bertz CT molecular complexity index is 847. The minimum atomic E-state index is 0.552. The summed E-state index contributed by atoms with van der Waals surface area (Å²) < 4.78 is 5.88. The molecule has 3 aromatic rings. The van der Waals surface area contributed by atoms with Gasteiger partial charge in [0.1, 0.15) is 12.4 Å². The largest absolute Gasteiger partial charge is 0.489 e. The average molecular weight is 299 g/mol. The van der Waals surface area contributed by atoms with Crippen LogP contribution in [0.15, 0.2) is 72.8 Å². The Balaban J connectivity index is 1.80. The molecule has 0 N–H and O–H groups in total. The van der Waals surface area contributed by atoms with E-state index >= 15 is 0 Å². The number of ether oxygens (including phenoxy) is 1. The van der Waals surface area contributed by atoms with Crippen LogP contribution in [-0.2, 0) is 6.61 Å². The fourth-order valence-corrected chi connectivity index (χ4v) is 2.48. The van der Waals surface area contributed by atoms with Gasteiger partial charge in [-0.15, -0.1) is 0 Å². The van der Waals surface area contributed by atoms with Crippen LogP contribution in [0.2, 0.25) is 0 Å². The normalized spacial score (nSPS) is 10.1. The molecule has 0 spiro atoms. The van der Waals surface area contributed by atoms with Crippen molar-refractivity contribution in [3.63, 3.8) is 0 Å². The molecule has 3 aromatic carbocycles. The minimum absolute atomic E-state index is 0.552. The summed E-state index contributed by atoms with van der Waals surface area (Å²) >= 11 is 0. The molecular formula is C21H17NO. The lowest BCUT2D eigenvalue weighted by Crippen LogP contribution is -1.95. The van der Waals surface area contributed by atoms with E-state index in [4.69, 9.17) is 10.00 Å². The second-order valence-corrected chi connectivity index (χ2v) is 5.44. The molecule has 2 heteroatoms. The van der Waals surface area contributed by atoms with Gasteiger partial charge < -0.3 is 4.74 Å². The summed E-state index contributed by atoms with van der Waals surface area (Å²) in [6.45, 7) is 2.51. The number of hydrogen-bond donors (Lipinski definition) is 0. The second kappa shape index (κ2) is 6.81. The molecule has 0 radical (unpaired) electrons. The summed E-state index contributed by atoms with van der Waals surface area (Å²) in [5.74, 6) is 0.841. The molecule has 0 aliphatic rings. The van der Waals surface area contributed by atoms with Crippen LogP contribution in [0.5, 0.6) is 5.75 Å². The number of hydrogen-bond acceptors (Lipinski definition) is 2. The van der Waals surface area contributed by atoms with Crippen molar-refractivity contribution in [2.45, 2.75) is 13.5 Å². The zero-order valence-corrected chi connectivity index (χ0v) is 13.0. The lowest BCUT2D eigenvalue weighted by Gasteiger charge is -2.09. The molecule has 0 bridgehead atoms. The fraction of sp³-hybridized carbons (Fsp3) is 0.0952. The molecule has 3 rings (SSSR count). The summed E-state index contributed by atoms with van der Waals surface area (Å²) in [5, 5.41) is 9.03. The van der Waals surface area contributed by atoms with E-state index in [0.717, 1.165) is 28.0 Å². The Labute approximate surface area is 136 Å². The van der Waals surface area contributed by atoms with Crippen molar-refractivity contribution in [3.8, 4) is 22.9 Å². The highest BCUT2D eigenvalue weighted by molar-refractivity contribution is 5.67. The first kappa shape index (κ1) is 14.9. The third-order valence-corrected chi connectivity index (χ3v) is 3.76. The molecule has 0 heterocycles. The zero-order chi connectivity index (χ0) is 16.1. The molecule has 0 aliphatic carbocycles. The molecule has 0 atom stereocenters. The molecule has 0 saturated heterocycles. The quantitative estimate of drug-likeness (QED) is 0.670. The highest BCUT2D eigenvalue weighted by Gasteiger charge is 2.04. The van der Waals surface area contributed by atoms with Crippen LogP contribution in [-0.4, -0.2) is 0 Å². The molecule has 2 nitrogen and oxygen atoms in total. The monoisotopic (exact) mass is 299 g/mol. The highest BCUT2D eigenvalue weighted by Crippen LogP contribution is 2.26. The van der Waals surface area contributed by atoms with Gasteiger partial charge in [-0.05, 0) is 47.4 Å². The van der Waals surface area contributed by atoms with Crippen molar-refractivity contribution in [2.24, 2.45) is 0 Å². The highest BCUT2D eigenvalue weighted by atomic mass is 16.5. The molecule has 0 unspecified atom stereocenters. The van der Waals surface area contributed by atoms with Gasteiger partial charge in [-0.25, -0.2) is 0 Å². The van der Waals surface area contributed by atoms with Crippen LogP contribution in [0.1, 0.15) is 16.7 Å². The van der Waals surface area contributed by atoms with Gasteiger partial charge in [-0.1, -0.05) is 54.6 Å². The van der Waals surface area contributed by atoms with E-state index in [1.54, 1.807) is 0 Å². The standard InChI is InChI=1S/C21H17NO/c1-16-12-19(10-11-20(16)14-22)18-8-5-9-21(13-18)23-15-17-6-3-2-4-7-17/h2-13H,15H2,1H3. The Morgan fingerprint density at radius 3 is 2.39 bits per heavy atom. The Morgan fingerprint density at radius 2 is 1.65 bits per heavy atom. The van der Waals surface area contributed by atoms with Crippen LogP contribution in [0.25, 0.3) is 11.1 Å². The Hall–Kier alpha value is -3.05. The Kier molecular flexibility index (Phi) is 4.40. The van der Waals surface area contributed by atoms with Crippen LogP contribution < -0.4 is 4.74 Å². The number of nitriles is 1. The van der Waals surface area contributed by atoms with Gasteiger partial charge >= 0.3 is 0 Å². The maximum atomic E-state index is 9.03. The smallest absolute Gasteiger partial charge is 0.120 e. The number of nitrogens with zero attached hydrogens (tertiary/aromatic N) is 1. The van der Waals surface area contributed by atoms with E-state index in [9.17, 15) is 0 Å². The Morgan fingerprint density at radius 1 is 0.870 bits per heavy atom. The second-order valence-electron chi connectivity index (χ2n) is 5.44. The minimum Gasteiger partial charge on any atom is -0.489 e. The number of rotatable bonds is 4. The van der Waals surface area contributed by atoms with Crippen molar-refractivity contribution in [3.05, 3.63) is 89.5 Å². The average Bonchev–Trinajstić information content (AvgIpc) is 2.61. The van der Waals surface area contributed by atoms with Crippen LogP contribution in [0, 0.1) is 18.3 Å². The molecule has 0 aliphatic heterocycles. The SMILES string of the molecule is Cc1cc(-c2cccc(OCc3ccccc3)c2)ccc1C#N. The first-order valence-corrected chi connectivity index (χ1v) is 7.54. The van der Waals surface area contributed by atoms with Crippen molar-refractivity contribution >= 4 is 0 Å². The van der Waals surface area contributed by atoms with Crippen LogP contribution >= 0.6 is 0 Å². The molecular weight excluding hydrogens is 282 g/mol. The van der Waals surface area contributed by atoms with Crippen molar-refractivity contribution in [1.82, 2.24) is 0 Å². The number of benzene rings is 3. The van der Waals surface area contributed by atoms with Gasteiger partial charge in [0.25, 0.3) is 0 Å². The predicted octanol–water partition coefficient (Wildman–Crippen LogP) is 5.11. The summed E-state index contributed by atoms with van der Waals surface area (Å²) in [5.41, 5.74) is 5.02. The molecule has 112 valence electrons. The predicted molar refractivity (Wildman–Crippen MR) is 92.1 cm³/mol. The van der Waals surface area contributed by atoms with E-state index in [2.05, 4.69) is 12.1 Å². The lowest BCUT2D eigenvalue weighted by molar-refractivity contribution is 0.306. The number of aryl methyl sites for hydroxylation is 1. The van der Waals surface area contributed by atoms with Gasteiger partial charge in [0.05, 0.1) is 11.6 Å². The molecule has 0 fully saturated rings. The van der Waals surface area contributed by atoms with E-state index in [1.165, 1.54) is 0 Å². The van der Waals surface area contributed by atoms with Crippen molar-refractivity contribution < 1.29 is 4.74 Å². The summed E-state index contributed by atoms with van der Waals surface area (Å²) in [7, 11) is 0. The third-order valence-electron chi connectivity index (χ3n) is 3.76. The van der Waals surface area contributed by atoms with E-state index in [-0.39, 0.29) is 0 Å². The zero-order valence-electron chi connectivity index (χ0n) is 13.0. The van der Waals surface area contributed by atoms with Crippen molar-refractivity contribution in [2.75, 3.05) is 0 Å². The van der Waals surface area contributed by atoms with Crippen LogP contribution in [0.3, 0.4) is 0 Å². The first-order valence-electron chi connectivity index (χ1n) is 7.54. The van der Waals surface area contributed by atoms with Gasteiger partial charge in [-0.3, -0.25) is 0 Å². The first-order chi connectivity index (χ1) is 11.3. The van der Waals surface area contributed by atoms with Crippen LogP contribution in [0.4, 0.5) is 0 Å². The van der Waals surface area contributed by atoms with E-state index in [0.29, 0.717) is 12.2 Å². The third kappa shape index (κ3) is 3.59. The van der Waals surface area contributed by atoms with Gasteiger partial charge in [-0.2, -0.15) is 5.26 Å². The fourth-order valence-electron chi connectivity index (χ4n) is 2.48. The molecule has 0 amide bonds. The summed E-state index contributed by atoms with van der Waals surface area (Å²) in [4.78, 5) is 0. The summed E-state index contributed by atoms with van der Waals surface area (Å²) in [6, 6.07) is 26.2. The van der Waals surface area contributed by atoms with Crippen molar-refractivity contribution in [1.29, 1.82) is 5.26 Å². The van der Waals surface area contributed by atoms with E-state index < -0.39 is 0 Å². The maximum Gasteiger partial charge on any atom is 0.120 e. The molecule has 23 heavy (non-hydrogen) atoms. The molecule has 0 saturated carbocycles.